The number of hydrogen-bond donors (Lipinski definition) is 2. The van der Waals surface area contributed by atoms with Gasteiger partial charge in [-0.3, -0.25) is 4.79 Å². The molecule has 0 saturated heterocycles. The standard InChI is InChI=1S/C24H26ClN5O3/c1-32-21-13-10-18(14-20(21)25)27-23-28-22(26-17-6-4-2-3-5-7-17)29-24(30-23)33-19-11-8-16(15-31)9-12-19/h8-15,17H,2-7H2,1H3,(H2,26,27,28,29,30). The highest BCUT2D eigenvalue weighted by atomic mass is 35.5. The second kappa shape index (κ2) is 11.0. The number of anilines is 3. The summed E-state index contributed by atoms with van der Waals surface area (Å²) in [5.41, 5.74) is 1.26. The lowest BCUT2D eigenvalue weighted by molar-refractivity contribution is 0.112. The summed E-state index contributed by atoms with van der Waals surface area (Å²) < 4.78 is 11.1. The molecule has 0 unspecified atom stereocenters. The maximum Gasteiger partial charge on any atom is 0.328 e. The highest BCUT2D eigenvalue weighted by Crippen LogP contribution is 2.29. The number of nitrogens with zero attached hydrogens (tertiary/aromatic N) is 3. The monoisotopic (exact) mass is 467 g/mol. The molecule has 2 N–H and O–H groups in total. The largest absolute Gasteiger partial charge is 0.495 e. The summed E-state index contributed by atoms with van der Waals surface area (Å²) in [5.74, 6) is 1.86. The van der Waals surface area contributed by atoms with Crippen LogP contribution in [0.3, 0.4) is 0 Å². The van der Waals surface area contributed by atoms with E-state index >= 15 is 0 Å². The summed E-state index contributed by atoms with van der Waals surface area (Å²) in [7, 11) is 1.57. The third-order valence-corrected chi connectivity index (χ3v) is 5.73. The lowest BCUT2D eigenvalue weighted by Gasteiger charge is -2.17. The molecule has 1 aliphatic carbocycles. The number of aldehydes is 1. The van der Waals surface area contributed by atoms with E-state index in [0.29, 0.717) is 45.7 Å². The van der Waals surface area contributed by atoms with Crippen molar-refractivity contribution in [3.8, 4) is 17.5 Å². The van der Waals surface area contributed by atoms with E-state index in [1.165, 1.54) is 25.7 Å². The number of nitrogens with one attached hydrogen (secondary N) is 2. The van der Waals surface area contributed by atoms with Gasteiger partial charge in [0.15, 0.2) is 0 Å². The van der Waals surface area contributed by atoms with Gasteiger partial charge in [0, 0.05) is 17.3 Å². The fourth-order valence-electron chi connectivity index (χ4n) is 3.72. The van der Waals surface area contributed by atoms with Crippen molar-refractivity contribution >= 4 is 35.5 Å². The Balaban J connectivity index is 1.59. The van der Waals surface area contributed by atoms with E-state index in [1.807, 2.05) is 6.07 Å². The predicted octanol–water partition coefficient (Wildman–Crippen LogP) is 6.02. The predicted molar refractivity (Wildman–Crippen MR) is 128 cm³/mol. The summed E-state index contributed by atoms with van der Waals surface area (Å²) in [6.07, 6.45) is 7.81. The molecule has 1 saturated carbocycles. The SMILES string of the molecule is COc1ccc(Nc2nc(NC3CCCCCC3)nc(Oc3ccc(C=O)cc3)n2)cc1Cl. The minimum atomic E-state index is 0.141. The average molecular weight is 468 g/mol. The Hall–Kier alpha value is -3.39. The van der Waals surface area contributed by atoms with Crippen LogP contribution in [0, 0.1) is 0 Å². The molecular formula is C24H26ClN5O3. The van der Waals surface area contributed by atoms with Crippen LogP contribution in [0.1, 0.15) is 48.9 Å². The van der Waals surface area contributed by atoms with Gasteiger partial charge in [0.25, 0.3) is 0 Å². The van der Waals surface area contributed by atoms with Gasteiger partial charge in [-0.2, -0.15) is 15.0 Å². The first kappa shape index (κ1) is 22.8. The first-order valence-electron chi connectivity index (χ1n) is 11.0. The molecule has 0 radical (unpaired) electrons. The fourth-order valence-corrected chi connectivity index (χ4v) is 3.98. The zero-order valence-electron chi connectivity index (χ0n) is 18.4. The van der Waals surface area contributed by atoms with E-state index in [1.54, 1.807) is 43.5 Å². The van der Waals surface area contributed by atoms with Crippen molar-refractivity contribution in [2.45, 2.75) is 44.6 Å². The molecular weight excluding hydrogens is 442 g/mol. The van der Waals surface area contributed by atoms with E-state index < -0.39 is 0 Å². The Kier molecular flexibility index (Phi) is 7.57. The number of hydrogen-bond acceptors (Lipinski definition) is 8. The molecule has 9 heteroatoms. The van der Waals surface area contributed by atoms with E-state index in [-0.39, 0.29) is 6.01 Å². The van der Waals surface area contributed by atoms with Gasteiger partial charge in [0.1, 0.15) is 17.8 Å². The molecule has 0 aliphatic heterocycles. The van der Waals surface area contributed by atoms with Crippen LogP contribution < -0.4 is 20.1 Å². The smallest absolute Gasteiger partial charge is 0.328 e. The lowest BCUT2D eigenvalue weighted by atomic mass is 10.1. The Morgan fingerprint density at radius 1 is 0.970 bits per heavy atom. The molecule has 0 bridgehead atoms. The van der Waals surface area contributed by atoms with Crippen molar-refractivity contribution in [1.82, 2.24) is 15.0 Å². The number of carbonyl (C=O) groups excluding carboxylic acids is 1. The van der Waals surface area contributed by atoms with Gasteiger partial charge in [-0.05, 0) is 55.3 Å². The highest BCUT2D eigenvalue weighted by Gasteiger charge is 2.16. The number of benzene rings is 2. The maximum atomic E-state index is 10.9. The molecule has 1 aromatic heterocycles. The third-order valence-electron chi connectivity index (χ3n) is 5.44. The van der Waals surface area contributed by atoms with Gasteiger partial charge in [0.05, 0.1) is 12.1 Å². The van der Waals surface area contributed by atoms with Crippen LogP contribution >= 0.6 is 11.6 Å². The van der Waals surface area contributed by atoms with Crippen LogP contribution in [0.25, 0.3) is 0 Å². The Morgan fingerprint density at radius 2 is 1.70 bits per heavy atom. The molecule has 0 atom stereocenters. The zero-order valence-corrected chi connectivity index (χ0v) is 19.1. The van der Waals surface area contributed by atoms with Gasteiger partial charge in [-0.25, -0.2) is 0 Å². The number of carbonyl (C=O) groups is 1. The van der Waals surface area contributed by atoms with Gasteiger partial charge in [0.2, 0.25) is 11.9 Å². The van der Waals surface area contributed by atoms with E-state index in [2.05, 4.69) is 25.6 Å². The number of halogens is 1. The van der Waals surface area contributed by atoms with E-state index in [9.17, 15) is 4.79 Å². The molecule has 33 heavy (non-hydrogen) atoms. The highest BCUT2D eigenvalue weighted by molar-refractivity contribution is 6.32. The molecule has 1 heterocycles. The average Bonchev–Trinajstić information content (AvgIpc) is 3.08. The molecule has 1 aliphatic rings. The fraction of sp³-hybridized carbons (Fsp3) is 0.333. The molecule has 172 valence electrons. The van der Waals surface area contributed by atoms with Crippen LogP contribution in [-0.2, 0) is 0 Å². The van der Waals surface area contributed by atoms with Gasteiger partial charge in [-0.1, -0.05) is 37.3 Å². The second-order valence-corrected chi connectivity index (χ2v) is 8.27. The zero-order chi connectivity index (χ0) is 23.0. The summed E-state index contributed by atoms with van der Waals surface area (Å²) in [5, 5.41) is 7.08. The van der Waals surface area contributed by atoms with Crippen LogP contribution in [0.15, 0.2) is 42.5 Å². The molecule has 0 amide bonds. The van der Waals surface area contributed by atoms with Crippen LogP contribution in [-0.4, -0.2) is 34.4 Å². The van der Waals surface area contributed by atoms with Crippen molar-refractivity contribution in [2.75, 3.05) is 17.7 Å². The molecule has 1 fully saturated rings. The van der Waals surface area contributed by atoms with Crippen LogP contribution in [0.2, 0.25) is 5.02 Å². The number of rotatable bonds is 8. The minimum absolute atomic E-state index is 0.141. The molecule has 8 nitrogen and oxygen atoms in total. The topological polar surface area (TPSA) is 98.3 Å². The summed E-state index contributed by atoms with van der Waals surface area (Å²) in [4.78, 5) is 24.3. The Bertz CT molecular complexity index is 1090. The van der Waals surface area contributed by atoms with Gasteiger partial charge >= 0.3 is 6.01 Å². The van der Waals surface area contributed by atoms with Gasteiger partial charge in [-0.15, -0.1) is 0 Å². The van der Waals surface area contributed by atoms with Crippen molar-refractivity contribution in [3.05, 3.63) is 53.1 Å². The Morgan fingerprint density at radius 3 is 2.36 bits per heavy atom. The minimum Gasteiger partial charge on any atom is -0.495 e. The molecule has 4 rings (SSSR count). The molecule has 0 spiro atoms. The lowest BCUT2D eigenvalue weighted by Crippen LogP contribution is -2.20. The van der Waals surface area contributed by atoms with Crippen LogP contribution in [0.4, 0.5) is 17.6 Å². The number of methoxy groups -OCH3 is 1. The van der Waals surface area contributed by atoms with Crippen molar-refractivity contribution in [3.63, 3.8) is 0 Å². The van der Waals surface area contributed by atoms with Crippen molar-refractivity contribution < 1.29 is 14.3 Å². The third kappa shape index (κ3) is 6.32. The first-order valence-corrected chi connectivity index (χ1v) is 11.4. The summed E-state index contributed by atoms with van der Waals surface area (Å²) >= 11 is 6.25. The van der Waals surface area contributed by atoms with Crippen molar-refractivity contribution in [1.29, 1.82) is 0 Å². The van der Waals surface area contributed by atoms with E-state index in [0.717, 1.165) is 19.1 Å². The molecule has 2 aromatic carbocycles. The van der Waals surface area contributed by atoms with E-state index in [4.69, 9.17) is 21.1 Å². The number of ether oxygens (including phenoxy) is 2. The summed E-state index contributed by atoms with van der Waals surface area (Å²) in [6.45, 7) is 0. The number of aromatic nitrogens is 3. The normalized spacial score (nSPS) is 14.2. The molecule has 3 aromatic rings. The van der Waals surface area contributed by atoms with Crippen molar-refractivity contribution in [2.24, 2.45) is 0 Å². The first-order chi connectivity index (χ1) is 16.1. The van der Waals surface area contributed by atoms with Gasteiger partial charge < -0.3 is 20.1 Å². The quantitative estimate of drug-likeness (QED) is 0.306. The second-order valence-electron chi connectivity index (χ2n) is 7.86. The van der Waals surface area contributed by atoms with Crippen LogP contribution in [0.5, 0.6) is 17.5 Å². The maximum absolute atomic E-state index is 10.9. The summed E-state index contributed by atoms with van der Waals surface area (Å²) in [6, 6.07) is 12.5. The Labute approximate surface area is 197 Å².